The SMILES string of the molecule is CC(O)C1CCCCN1S(=O)(=O)c1cc(F)ccc1Cl. The molecule has 1 heterocycles. The Morgan fingerprint density at radius 2 is 2.15 bits per heavy atom. The molecule has 2 rings (SSSR count). The van der Waals surface area contributed by atoms with Crippen molar-refractivity contribution in [1.82, 2.24) is 4.31 Å². The van der Waals surface area contributed by atoms with Gasteiger partial charge in [0.1, 0.15) is 10.7 Å². The Morgan fingerprint density at radius 1 is 1.45 bits per heavy atom. The molecule has 112 valence electrons. The zero-order chi connectivity index (χ0) is 14.9. The van der Waals surface area contributed by atoms with E-state index in [1.807, 2.05) is 0 Å². The summed E-state index contributed by atoms with van der Waals surface area (Å²) in [6.07, 6.45) is 1.38. The van der Waals surface area contributed by atoms with Crippen molar-refractivity contribution in [1.29, 1.82) is 0 Å². The van der Waals surface area contributed by atoms with Crippen LogP contribution in [0.3, 0.4) is 0 Å². The third-order valence-electron chi connectivity index (χ3n) is 3.54. The van der Waals surface area contributed by atoms with Crippen LogP contribution in [0.2, 0.25) is 5.02 Å². The van der Waals surface area contributed by atoms with Crippen LogP contribution in [-0.4, -0.2) is 36.5 Å². The van der Waals surface area contributed by atoms with Gasteiger partial charge in [-0.25, -0.2) is 12.8 Å². The molecule has 0 aliphatic carbocycles. The van der Waals surface area contributed by atoms with E-state index in [0.717, 1.165) is 25.0 Å². The molecule has 0 aromatic heterocycles. The van der Waals surface area contributed by atoms with E-state index in [0.29, 0.717) is 13.0 Å². The standard InChI is InChI=1S/C13H17ClFNO3S/c1-9(17)12-4-2-3-7-16(12)20(18,19)13-8-10(15)5-6-11(13)14/h5-6,8-9,12,17H,2-4,7H2,1H3. The number of halogens is 2. The third kappa shape index (κ3) is 2.98. The first-order chi connectivity index (χ1) is 9.34. The number of sulfonamides is 1. The predicted molar refractivity (Wildman–Crippen MR) is 74.6 cm³/mol. The molecular formula is C13H17ClFNO3S. The first kappa shape index (κ1) is 15.7. The normalized spacial score (nSPS) is 22.7. The Labute approximate surface area is 123 Å². The number of aliphatic hydroxyl groups excluding tert-OH is 1. The summed E-state index contributed by atoms with van der Waals surface area (Å²) in [4.78, 5) is -0.244. The highest BCUT2D eigenvalue weighted by Crippen LogP contribution is 2.31. The van der Waals surface area contributed by atoms with Gasteiger partial charge < -0.3 is 5.11 Å². The van der Waals surface area contributed by atoms with Crippen molar-refractivity contribution in [3.8, 4) is 0 Å². The van der Waals surface area contributed by atoms with E-state index >= 15 is 0 Å². The van der Waals surface area contributed by atoms with Crippen LogP contribution in [0, 0.1) is 5.82 Å². The maximum atomic E-state index is 13.3. The highest BCUT2D eigenvalue weighted by Gasteiger charge is 2.36. The van der Waals surface area contributed by atoms with Crippen LogP contribution in [-0.2, 0) is 10.0 Å². The summed E-state index contributed by atoms with van der Waals surface area (Å²) in [6.45, 7) is 1.87. The third-order valence-corrected chi connectivity index (χ3v) is 5.94. The first-order valence-electron chi connectivity index (χ1n) is 6.49. The van der Waals surface area contributed by atoms with E-state index in [1.165, 1.54) is 10.4 Å². The molecule has 1 aromatic rings. The minimum Gasteiger partial charge on any atom is -0.392 e. The Bertz CT molecular complexity index is 591. The lowest BCUT2D eigenvalue weighted by atomic mass is 10.0. The molecule has 0 saturated carbocycles. The summed E-state index contributed by atoms with van der Waals surface area (Å²) in [5.74, 6) is -0.654. The van der Waals surface area contributed by atoms with Gasteiger partial charge >= 0.3 is 0 Å². The van der Waals surface area contributed by atoms with Crippen LogP contribution >= 0.6 is 11.6 Å². The Kier molecular flexibility index (Phi) is 4.69. The maximum Gasteiger partial charge on any atom is 0.245 e. The van der Waals surface area contributed by atoms with Crippen molar-refractivity contribution < 1.29 is 17.9 Å². The van der Waals surface area contributed by atoms with E-state index in [4.69, 9.17) is 11.6 Å². The lowest BCUT2D eigenvalue weighted by Gasteiger charge is -2.36. The smallest absolute Gasteiger partial charge is 0.245 e. The lowest BCUT2D eigenvalue weighted by Crippen LogP contribution is -2.48. The lowest BCUT2D eigenvalue weighted by molar-refractivity contribution is 0.0831. The molecule has 0 bridgehead atoms. The summed E-state index contributed by atoms with van der Waals surface area (Å²) >= 11 is 5.89. The van der Waals surface area contributed by atoms with Gasteiger partial charge in [0.15, 0.2) is 0 Å². The molecule has 1 N–H and O–H groups in total. The molecule has 1 aliphatic rings. The quantitative estimate of drug-likeness (QED) is 0.930. The van der Waals surface area contributed by atoms with Crippen molar-refractivity contribution in [2.24, 2.45) is 0 Å². The molecule has 4 nitrogen and oxygen atoms in total. The second-order valence-corrected chi connectivity index (χ2v) is 7.26. The van der Waals surface area contributed by atoms with Gasteiger partial charge in [0.2, 0.25) is 10.0 Å². The largest absolute Gasteiger partial charge is 0.392 e. The topological polar surface area (TPSA) is 57.6 Å². The average molecular weight is 322 g/mol. The summed E-state index contributed by atoms with van der Waals surface area (Å²) < 4.78 is 39.8. The average Bonchev–Trinajstić information content (AvgIpc) is 2.41. The minimum absolute atomic E-state index is 0.0127. The first-order valence-corrected chi connectivity index (χ1v) is 8.31. The second kappa shape index (κ2) is 5.97. The van der Waals surface area contributed by atoms with Gasteiger partial charge in [-0.2, -0.15) is 4.31 Å². The van der Waals surface area contributed by atoms with Crippen LogP contribution < -0.4 is 0 Å². The molecule has 1 saturated heterocycles. The zero-order valence-electron chi connectivity index (χ0n) is 11.1. The molecule has 0 radical (unpaired) electrons. The molecular weight excluding hydrogens is 305 g/mol. The van der Waals surface area contributed by atoms with Crippen molar-refractivity contribution >= 4 is 21.6 Å². The van der Waals surface area contributed by atoms with Gasteiger partial charge in [-0.15, -0.1) is 0 Å². The van der Waals surface area contributed by atoms with Gasteiger partial charge in [0.05, 0.1) is 17.2 Å². The molecule has 1 aliphatic heterocycles. The number of benzene rings is 1. The summed E-state index contributed by atoms with van der Waals surface area (Å²) in [7, 11) is -3.91. The monoisotopic (exact) mass is 321 g/mol. The van der Waals surface area contributed by atoms with E-state index in [-0.39, 0.29) is 9.92 Å². The van der Waals surface area contributed by atoms with E-state index in [1.54, 1.807) is 6.92 Å². The summed E-state index contributed by atoms with van der Waals surface area (Å²) in [5, 5.41) is 9.76. The molecule has 2 unspecified atom stereocenters. The summed E-state index contributed by atoms with van der Waals surface area (Å²) in [5.41, 5.74) is 0. The van der Waals surface area contributed by atoms with Crippen LogP contribution in [0.4, 0.5) is 4.39 Å². The number of hydrogen-bond acceptors (Lipinski definition) is 3. The van der Waals surface area contributed by atoms with Crippen LogP contribution in [0.25, 0.3) is 0 Å². The van der Waals surface area contributed by atoms with Crippen LogP contribution in [0.15, 0.2) is 23.1 Å². The minimum atomic E-state index is -3.91. The van der Waals surface area contributed by atoms with Crippen molar-refractivity contribution in [3.63, 3.8) is 0 Å². The van der Waals surface area contributed by atoms with E-state index in [9.17, 15) is 17.9 Å². The fourth-order valence-corrected chi connectivity index (χ4v) is 4.76. The Hall–Kier alpha value is -0.690. The Balaban J connectivity index is 2.45. The molecule has 7 heteroatoms. The van der Waals surface area contributed by atoms with Crippen molar-refractivity contribution in [3.05, 3.63) is 29.0 Å². The van der Waals surface area contributed by atoms with Gasteiger partial charge in [0, 0.05) is 6.54 Å². The van der Waals surface area contributed by atoms with Gasteiger partial charge in [-0.1, -0.05) is 18.0 Å². The number of piperidine rings is 1. The molecule has 20 heavy (non-hydrogen) atoms. The Morgan fingerprint density at radius 3 is 2.80 bits per heavy atom. The predicted octanol–water partition coefficient (Wildman–Crippen LogP) is 2.40. The number of rotatable bonds is 3. The highest BCUT2D eigenvalue weighted by atomic mass is 35.5. The number of hydrogen-bond donors (Lipinski definition) is 1. The summed E-state index contributed by atoms with van der Waals surface area (Å²) in [6, 6.07) is 2.77. The number of nitrogens with zero attached hydrogens (tertiary/aromatic N) is 1. The van der Waals surface area contributed by atoms with Crippen molar-refractivity contribution in [2.45, 2.75) is 43.2 Å². The molecule has 1 fully saturated rings. The fraction of sp³-hybridized carbons (Fsp3) is 0.538. The molecule has 1 aromatic carbocycles. The highest BCUT2D eigenvalue weighted by molar-refractivity contribution is 7.89. The number of aliphatic hydroxyl groups is 1. The van der Waals surface area contributed by atoms with E-state index < -0.39 is 28.0 Å². The van der Waals surface area contributed by atoms with Gasteiger partial charge in [0.25, 0.3) is 0 Å². The van der Waals surface area contributed by atoms with Crippen molar-refractivity contribution in [2.75, 3.05) is 6.54 Å². The molecule has 0 spiro atoms. The van der Waals surface area contributed by atoms with Crippen LogP contribution in [0.5, 0.6) is 0 Å². The zero-order valence-corrected chi connectivity index (χ0v) is 12.7. The van der Waals surface area contributed by atoms with Gasteiger partial charge in [-0.05, 0) is 38.0 Å². The maximum absolute atomic E-state index is 13.3. The molecule has 2 atom stereocenters. The van der Waals surface area contributed by atoms with Gasteiger partial charge in [-0.3, -0.25) is 0 Å². The molecule has 0 amide bonds. The van der Waals surface area contributed by atoms with Crippen LogP contribution in [0.1, 0.15) is 26.2 Å². The fourth-order valence-electron chi connectivity index (χ4n) is 2.51. The van der Waals surface area contributed by atoms with E-state index in [2.05, 4.69) is 0 Å². The second-order valence-electron chi connectivity index (χ2n) is 4.99.